The van der Waals surface area contributed by atoms with Gasteiger partial charge in [-0.25, -0.2) is 0 Å². The second-order valence-corrected chi connectivity index (χ2v) is 5.18. The summed E-state index contributed by atoms with van der Waals surface area (Å²) in [5.41, 5.74) is 0.842. The number of rotatable bonds is 6. The third-order valence-corrected chi connectivity index (χ3v) is 3.69. The van der Waals surface area contributed by atoms with E-state index >= 15 is 0 Å². The lowest BCUT2D eigenvalue weighted by atomic mass is 10.1. The van der Waals surface area contributed by atoms with Gasteiger partial charge in [0.15, 0.2) is 11.5 Å². The van der Waals surface area contributed by atoms with Crippen molar-refractivity contribution in [1.82, 2.24) is 10.2 Å². The highest BCUT2D eigenvalue weighted by Crippen LogP contribution is 2.30. The van der Waals surface area contributed by atoms with Gasteiger partial charge in [-0.2, -0.15) is 0 Å². The number of benzene rings is 1. The van der Waals surface area contributed by atoms with E-state index in [0.717, 1.165) is 38.2 Å². The average molecular weight is 292 g/mol. The van der Waals surface area contributed by atoms with E-state index in [-0.39, 0.29) is 11.7 Å². The number of carbonyl (C=O) groups is 1. The molecule has 0 unspecified atom stereocenters. The monoisotopic (exact) mass is 292 g/mol. The lowest BCUT2D eigenvalue weighted by Gasteiger charge is -2.27. The topological polar surface area (TPSA) is 61.8 Å². The van der Waals surface area contributed by atoms with Crippen LogP contribution in [-0.2, 0) is 11.2 Å². The molecule has 1 aliphatic rings. The van der Waals surface area contributed by atoms with Crippen molar-refractivity contribution in [1.29, 1.82) is 0 Å². The van der Waals surface area contributed by atoms with Crippen LogP contribution in [0.15, 0.2) is 18.2 Å². The number of ether oxygens (including phenoxy) is 1. The molecular formula is C16H24N2O3. The first-order chi connectivity index (χ1) is 10.2. The number of aryl methyl sites for hydroxylation is 1. The first-order valence-corrected chi connectivity index (χ1v) is 7.64. The number of nitrogens with zero attached hydrogens (tertiary/aromatic N) is 1. The van der Waals surface area contributed by atoms with Crippen LogP contribution in [0.5, 0.6) is 11.5 Å². The molecule has 0 aromatic heterocycles. The lowest BCUT2D eigenvalue weighted by molar-refractivity contribution is -0.131. The maximum absolute atomic E-state index is 12.1. The van der Waals surface area contributed by atoms with Gasteiger partial charge in [0.25, 0.3) is 0 Å². The smallest absolute Gasteiger partial charge is 0.222 e. The zero-order valence-electron chi connectivity index (χ0n) is 12.6. The fraction of sp³-hybridized carbons (Fsp3) is 0.562. The predicted octanol–water partition coefficient (Wildman–Crippen LogP) is 1.55. The number of nitrogens with one attached hydrogen (secondary N) is 1. The molecule has 1 aromatic carbocycles. The van der Waals surface area contributed by atoms with Gasteiger partial charge in [-0.05, 0) is 31.4 Å². The Balaban J connectivity index is 1.82. The van der Waals surface area contributed by atoms with E-state index in [1.165, 1.54) is 0 Å². The fourth-order valence-corrected chi connectivity index (χ4v) is 2.54. The summed E-state index contributed by atoms with van der Waals surface area (Å²) in [5, 5.41) is 13.3. The number of hydrogen-bond acceptors (Lipinski definition) is 4. The highest BCUT2D eigenvalue weighted by atomic mass is 16.5. The molecule has 5 nitrogen and oxygen atoms in total. The number of carbonyl (C=O) groups excluding carboxylic acids is 1. The molecule has 1 aromatic rings. The maximum atomic E-state index is 12.1. The van der Waals surface area contributed by atoms with Gasteiger partial charge in [-0.1, -0.05) is 12.1 Å². The largest absolute Gasteiger partial charge is 0.504 e. The zero-order valence-corrected chi connectivity index (χ0v) is 12.6. The van der Waals surface area contributed by atoms with Gasteiger partial charge < -0.3 is 20.1 Å². The third-order valence-electron chi connectivity index (χ3n) is 3.69. The van der Waals surface area contributed by atoms with Gasteiger partial charge >= 0.3 is 0 Å². The SMILES string of the molecule is CCOc1cccc(CCCC(=O)N2CCNCC2)c1O. The average Bonchev–Trinajstić information content (AvgIpc) is 2.52. The van der Waals surface area contributed by atoms with Crippen LogP contribution in [0.4, 0.5) is 0 Å². The Bertz CT molecular complexity index is 471. The van der Waals surface area contributed by atoms with Crippen LogP contribution in [0.3, 0.4) is 0 Å². The summed E-state index contributed by atoms with van der Waals surface area (Å²) in [6, 6.07) is 5.51. The van der Waals surface area contributed by atoms with Crippen molar-refractivity contribution in [2.24, 2.45) is 0 Å². The zero-order chi connectivity index (χ0) is 15.1. The Kier molecular flexibility index (Phi) is 5.87. The van der Waals surface area contributed by atoms with Crippen LogP contribution in [0.2, 0.25) is 0 Å². The summed E-state index contributed by atoms with van der Waals surface area (Å²) in [5.74, 6) is 0.925. The summed E-state index contributed by atoms with van der Waals surface area (Å²) in [6.45, 7) is 5.76. The number of phenolic OH excluding ortho intramolecular Hbond substituents is 1. The predicted molar refractivity (Wildman–Crippen MR) is 81.7 cm³/mol. The van der Waals surface area contributed by atoms with Crippen LogP contribution in [-0.4, -0.2) is 48.7 Å². The molecule has 2 rings (SSSR count). The Hall–Kier alpha value is -1.75. The Morgan fingerprint density at radius 2 is 2.14 bits per heavy atom. The summed E-state index contributed by atoms with van der Waals surface area (Å²) < 4.78 is 5.37. The molecule has 2 N–H and O–H groups in total. The molecule has 0 atom stereocenters. The summed E-state index contributed by atoms with van der Waals surface area (Å²) in [6.07, 6.45) is 1.95. The standard InChI is InChI=1S/C16H24N2O3/c1-2-21-14-7-3-5-13(16(14)20)6-4-8-15(19)18-11-9-17-10-12-18/h3,5,7,17,20H,2,4,6,8-12H2,1H3. The molecular weight excluding hydrogens is 268 g/mol. The van der Waals surface area contributed by atoms with E-state index in [0.29, 0.717) is 25.2 Å². The molecule has 1 heterocycles. The van der Waals surface area contributed by atoms with Crippen molar-refractivity contribution in [3.8, 4) is 11.5 Å². The highest BCUT2D eigenvalue weighted by Gasteiger charge is 2.16. The van der Waals surface area contributed by atoms with Gasteiger partial charge in [0.1, 0.15) is 0 Å². The van der Waals surface area contributed by atoms with Crippen molar-refractivity contribution in [2.75, 3.05) is 32.8 Å². The Labute approximate surface area is 125 Å². The number of aromatic hydroxyl groups is 1. The summed E-state index contributed by atoms with van der Waals surface area (Å²) in [7, 11) is 0. The molecule has 5 heteroatoms. The van der Waals surface area contributed by atoms with Crippen LogP contribution < -0.4 is 10.1 Å². The second-order valence-electron chi connectivity index (χ2n) is 5.18. The van der Waals surface area contributed by atoms with Crippen LogP contribution in [0.1, 0.15) is 25.3 Å². The van der Waals surface area contributed by atoms with Crippen LogP contribution in [0.25, 0.3) is 0 Å². The first kappa shape index (κ1) is 15.6. The molecule has 1 aliphatic heterocycles. The van der Waals surface area contributed by atoms with Gasteiger partial charge in [-0.15, -0.1) is 0 Å². The van der Waals surface area contributed by atoms with Gasteiger partial charge in [0, 0.05) is 32.6 Å². The highest BCUT2D eigenvalue weighted by molar-refractivity contribution is 5.76. The van der Waals surface area contributed by atoms with Gasteiger partial charge in [0.05, 0.1) is 6.61 Å². The van der Waals surface area contributed by atoms with E-state index in [2.05, 4.69) is 5.32 Å². The molecule has 0 bridgehead atoms. The Morgan fingerprint density at radius 3 is 2.86 bits per heavy atom. The molecule has 1 amide bonds. The quantitative estimate of drug-likeness (QED) is 0.835. The van der Waals surface area contributed by atoms with E-state index in [1.54, 1.807) is 6.07 Å². The van der Waals surface area contributed by atoms with E-state index in [1.807, 2.05) is 24.0 Å². The van der Waals surface area contributed by atoms with Crippen molar-refractivity contribution < 1.29 is 14.6 Å². The third kappa shape index (κ3) is 4.36. The molecule has 116 valence electrons. The van der Waals surface area contributed by atoms with E-state index in [9.17, 15) is 9.90 Å². The van der Waals surface area contributed by atoms with Gasteiger partial charge in [0.2, 0.25) is 5.91 Å². The molecule has 1 saturated heterocycles. The minimum Gasteiger partial charge on any atom is -0.504 e. The molecule has 0 radical (unpaired) electrons. The molecule has 0 spiro atoms. The summed E-state index contributed by atoms with van der Waals surface area (Å²) in [4.78, 5) is 14.0. The Morgan fingerprint density at radius 1 is 1.38 bits per heavy atom. The number of hydrogen-bond donors (Lipinski definition) is 2. The minimum atomic E-state index is 0.203. The summed E-state index contributed by atoms with van der Waals surface area (Å²) >= 11 is 0. The number of phenols is 1. The second kappa shape index (κ2) is 7.88. The molecule has 1 fully saturated rings. The lowest BCUT2D eigenvalue weighted by Crippen LogP contribution is -2.46. The maximum Gasteiger partial charge on any atom is 0.222 e. The molecule has 0 saturated carbocycles. The van der Waals surface area contributed by atoms with Crippen LogP contribution >= 0.6 is 0 Å². The minimum absolute atomic E-state index is 0.203. The fourth-order valence-electron chi connectivity index (χ4n) is 2.54. The van der Waals surface area contributed by atoms with Gasteiger partial charge in [-0.3, -0.25) is 4.79 Å². The number of amides is 1. The van der Waals surface area contributed by atoms with Crippen molar-refractivity contribution in [2.45, 2.75) is 26.2 Å². The van der Waals surface area contributed by atoms with Crippen molar-refractivity contribution in [3.63, 3.8) is 0 Å². The number of para-hydroxylation sites is 1. The molecule has 21 heavy (non-hydrogen) atoms. The molecule has 0 aliphatic carbocycles. The van der Waals surface area contributed by atoms with E-state index < -0.39 is 0 Å². The van der Waals surface area contributed by atoms with E-state index in [4.69, 9.17) is 4.74 Å². The number of piperazine rings is 1. The first-order valence-electron chi connectivity index (χ1n) is 7.64. The van der Waals surface area contributed by atoms with Crippen molar-refractivity contribution >= 4 is 5.91 Å². The van der Waals surface area contributed by atoms with Crippen LogP contribution in [0, 0.1) is 0 Å². The van der Waals surface area contributed by atoms with Crippen molar-refractivity contribution in [3.05, 3.63) is 23.8 Å². The normalized spacial score (nSPS) is 15.0.